The molecule has 0 amide bonds. The Balaban J connectivity index is 2.11. The Morgan fingerprint density at radius 3 is 3.00 bits per heavy atom. The Hall–Kier alpha value is -0.910. The molecule has 0 fully saturated rings. The maximum Gasteiger partial charge on any atom is 0.346 e. The van der Waals surface area contributed by atoms with Gasteiger partial charge in [0.1, 0.15) is 4.88 Å². The van der Waals surface area contributed by atoms with Crippen molar-refractivity contribution >= 4 is 17.3 Å². The molecule has 1 heterocycles. The molecule has 1 aromatic heterocycles. The largest absolute Gasteiger partial charge is 0.477 e. The first-order chi connectivity index (χ1) is 8.61. The minimum absolute atomic E-state index is 0.429. The maximum atomic E-state index is 10.9. The highest BCUT2D eigenvalue weighted by atomic mass is 32.1. The second-order valence-electron chi connectivity index (χ2n) is 4.58. The first kappa shape index (κ1) is 15.1. The Labute approximate surface area is 112 Å². The van der Waals surface area contributed by atoms with E-state index in [1.54, 1.807) is 0 Å². The van der Waals surface area contributed by atoms with Crippen LogP contribution in [-0.2, 0) is 11.3 Å². The van der Waals surface area contributed by atoms with Gasteiger partial charge in [-0.1, -0.05) is 13.8 Å². The van der Waals surface area contributed by atoms with Gasteiger partial charge < -0.3 is 15.2 Å². The number of aromatic carboxylic acids is 1. The van der Waals surface area contributed by atoms with Gasteiger partial charge in [-0.2, -0.15) is 0 Å². The number of thiophene rings is 1. The zero-order valence-electron chi connectivity index (χ0n) is 10.9. The second kappa shape index (κ2) is 8.24. The Bertz CT molecular complexity index is 363. The highest BCUT2D eigenvalue weighted by Gasteiger charge is 2.10. The van der Waals surface area contributed by atoms with Crippen LogP contribution in [0.5, 0.6) is 0 Å². The van der Waals surface area contributed by atoms with E-state index in [2.05, 4.69) is 19.2 Å². The lowest BCUT2D eigenvalue weighted by Gasteiger charge is -2.07. The van der Waals surface area contributed by atoms with E-state index < -0.39 is 5.97 Å². The predicted octanol–water partition coefficient (Wildman–Crippen LogP) is 2.60. The molecular weight excluding hydrogens is 250 g/mol. The van der Waals surface area contributed by atoms with Gasteiger partial charge in [0, 0.05) is 19.8 Å². The molecule has 4 nitrogen and oxygen atoms in total. The molecule has 1 rings (SSSR count). The first-order valence-electron chi connectivity index (χ1n) is 6.19. The van der Waals surface area contributed by atoms with Crippen molar-refractivity contribution in [1.29, 1.82) is 0 Å². The molecule has 0 saturated carbocycles. The maximum absolute atomic E-state index is 10.9. The summed E-state index contributed by atoms with van der Waals surface area (Å²) < 4.78 is 5.46. The summed E-state index contributed by atoms with van der Waals surface area (Å²) in [6, 6.07) is 1.86. The van der Waals surface area contributed by atoms with Crippen LogP contribution in [0.3, 0.4) is 0 Å². The number of carbonyl (C=O) groups is 1. The van der Waals surface area contributed by atoms with Gasteiger partial charge in [0.15, 0.2) is 0 Å². The number of rotatable bonds is 9. The molecule has 0 aliphatic heterocycles. The van der Waals surface area contributed by atoms with Crippen molar-refractivity contribution in [3.05, 3.63) is 21.9 Å². The van der Waals surface area contributed by atoms with Crippen molar-refractivity contribution in [2.45, 2.75) is 26.8 Å². The minimum atomic E-state index is -0.845. The third kappa shape index (κ3) is 5.62. The third-order valence-corrected chi connectivity index (χ3v) is 3.29. The van der Waals surface area contributed by atoms with Crippen molar-refractivity contribution in [2.24, 2.45) is 5.92 Å². The fourth-order valence-electron chi connectivity index (χ4n) is 1.50. The predicted molar refractivity (Wildman–Crippen MR) is 73.3 cm³/mol. The van der Waals surface area contributed by atoms with E-state index in [1.165, 1.54) is 11.3 Å². The van der Waals surface area contributed by atoms with Crippen molar-refractivity contribution < 1.29 is 14.6 Å². The highest BCUT2D eigenvalue weighted by molar-refractivity contribution is 7.12. The van der Waals surface area contributed by atoms with E-state index in [-0.39, 0.29) is 0 Å². The second-order valence-corrected chi connectivity index (χ2v) is 5.50. The van der Waals surface area contributed by atoms with Crippen molar-refractivity contribution in [3.63, 3.8) is 0 Å². The number of carboxylic acid groups (broad SMARTS) is 1. The number of hydrogen-bond donors (Lipinski definition) is 2. The van der Waals surface area contributed by atoms with E-state index in [1.807, 2.05) is 11.4 Å². The van der Waals surface area contributed by atoms with Crippen LogP contribution in [0.25, 0.3) is 0 Å². The molecule has 5 heteroatoms. The number of nitrogens with one attached hydrogen (secondary N) is 1. The third-order valence-electron chi connectivity index (χ3n) is 2.35. The molecule has 0 aliphatic rings. The number of carboxylic acids is 1. The van der Waals surface area contributed by atoms with Crippen LogP contribution >= 0.6 is 11.3 Å². The van der Waals surface area contributed by atoms with E-state index in [4.69, 9.17) is 9.84 Å². The lowest BCUT2D eigenvalue weighted by molar-refractivity contribution is 0.0701. The first-order valence-corrected chi connectivity index (χ1v) is 7.07. The molecule has 0 bridgehead atoms. The van der Waals surface area contributed by atoms with Crippen LogP contribution < -0.4 is 5.32 Å². The summed E-state index contributed by atoms with van der Waals surface area (Å²) in [5.41, 5.74) is 0.857. The van der Waals surface area contributed by atoms with Gasteiger partial charge in [0.2, 0.25) is 0 Å². The molecule has 1 aromatic rings. The van der Waals surface area contributed by atoms with E-state index >= 15 is 0 Å². The molecule has 18 heavy (non-hydrogen) atoms. The van der Waals surface area contributed by atoms with E-state index in [9.17, 15) is 4.79 Å². The Kier molecular flexibility index (Phi) is 6.93. The van der Waals surface area contributed by atoms with Crippen LogP contribution in [0.4, 0.5) is 0 Å². The average molecular weight is 271 g/mol. The molecule has 0 aliphatic carbocycles. The zero-order chi connectivity index (χ0) is 13.4. The molecule has 102 valence electrons. The molecule has 0 spiro atoms. The fraction of sp³-hybridized carbons (Fsp3) is 0.615. The van der Waals surface area contributed by atoms with Gasteiger partial charge in [0.25, 0.3) is 0 Å². The fourth-order valence-corrected chi connectivity index (χ4v) is 2.26. The monoisotopic (exact) mass is 271 g/mol. The van der Waals surface area contributed by atoms with Crippen molar-refractivity contribution in [3.8, 4) is 0 Å². The SMILES string of the molecule is CC(C)COCCCNCc1ccsc1C(=O)O. The lowest BCUT2D eigenvalue weighted by atomic mass is 10.2. The molecule has 2 N–H and O–H groups in total. The molecule has 0 saturated heterocycles. The average Bonchev–Trinajstić information content (AvgIpc) is 2.75. The van der Waals surface area contributed by atoms with Crippen molar-refractivity contribution in [2.75, 3.05) is 19.8 Å². The Morgan fingerprint density at radius 1 is 1.56 bits per heavy atom. The van der Waals surface area contributed by atoms with Crippen LogP contribution in [0.1, 0.15) is 35.5 Å². The summed E-state index contributed by atoms with van der Waals surface area (Å²) in [6.45, 7) is 7.25. The summed E-state index contributed by atoms with van der Waals surface area (Å²) in [5, 5.41) is 14.0. The summed E-state index contributed by atoms with van der Waals surface area (Å²) >= 11 is 1.27. The van der Waals surface area contributed by atoms with Gasteiger partial charge in [0.05, 0.1) is 0 Å². The van der Waals surface area contributed by atoms with E-state index in [0.717, 1.165) is 31.7 Å². The van der Waals surface area contributed by atoms with Crippen LogP contribution in [0.2, 0.25) is 0 Å². The van der Waals surface area contributed by atoms with Crippen molar-refractivity contribution in [1.82, 2.24) is 5.32 Å². The molecule has 0 unspecified atom stereocenters. The zero-order valence-corrected chi connectivity index (χ0v) is 11.8. The molecular formula is C13H21NO3S. The van der Waals surface area contributed by atoms with Crippen LogP contribution in [-0.4, -0.2) is 30.8 Å². The molecule has 0 aromatic carbocycles. The summed E-state index contributed by atoms with van der Waals surface area (Å²) in [7, 11) is 0. The minimum Gasteiger partial charge on any atom is -0.477 e. The normalized spacial score (nSPS) is 11.1. The van der Waals surface area contributed by atoms with Crippen LogP contribution in [0, 0.1) is 5.92 Å². The lowest BCUT2D eigenvalue weighted by Crippen LogP contribution is -2.17. The van der Waals surface area contributed by atoms with Gasteiger partial charge in [-0.15, -0.1) is 11.3 Å². The summed E-state index contributed by atoms with van der Waals surface area (Å²) in [6.07, 6.45) is 0.944. The van der Waals surface area contributed by atoms with Gasteiger partial charge in [-0.05, 0) is 35.9 Å². The highest BCUT2D eigenvalue weighted by Crippen LogP contribution is 2.16. The Morgan fingerprint density at radius 2 is 2.33 bits per heavy atom. The number of hydrogen-bond acceptors (Lipinski definition) is 4. The number of ether oxygens (including phenoxy) is 1. The van der Waals surface area contributed by atoms with Crippen LogP contribution in [0.15, 0.2) is 11.4 Å². The summed E-state index contributed by atoms with van der Waals surface area (Å²) in [4.78, 5) is 11.3. The molecule has 0 radical (unpaired) electrons. The summed E-state index contributed by atoms with van der Waals surface area (Å²) in [5.74, 6) is -0.274. The van der Waals surface area contributed by atoms with Gasteiger partial charge in [-0.25, -0.2) is 4.79 Å². The quantitative estimate of drug-likeness (QED) is 0.678. The standard InChI is InChI=1S/C13H21NO3S/c1-10(2)9-17-6-3-5-14-8-11-4-7-18-12(11)13(15)16/h4,7,10,14H,3,5-6,8-9H2,1-2H3,(H,15,16). The smallest absolute Gasteiger partial charge is 0.346 e. The molecule has 0 atom stereocenters. The van der Waals surface area contributed by atoms with Gasteiger partial charge in [-0.3, -0.25) is 0 Å². The van der Waals surface area contributed by atoms with Gasteiger partial charge >= 0.3 is 5.97 Å². The van der Waals surface area contributed by atoms with E-state index in [0.29, 0.717) is 17.3 Å². The topological polar surface area (TPSA) is 58.6 Å².